The van der Waals surface area contributed by atoms with Crippen molar-refractivity contribution in [2.75, 3.05) is 9.80 Å². The van der Waals surface area contributed by atoms with Crippen LogP contribution in [-0.2, 0) is 6.54 Å². The van der Waals surface area contributed by atoms with E-state index in [1.807, 2.05) is 121 Å². The normalized spacial score (nSPS) is 10.5. The Balaban J connectivity index is 1.58. The van der Waals surface area contributed by atoms with Crippen LogP contribution in [0.4, 0.5) is 17.1 Å². The van der Waals surface area contributed by atoms with Crippen LogP contribution in [0.5, 0.6) is 0 Å². The fourth-order valence-corrected chi connectivity index (χ4v) is 4.31. The summed E-state index contributed by atoms with van der Waals surface area (Å²) in [6.07, 6.45) is 0. The Labute approximate surface area is 217 Å². The van der Waals surface area contributed by atoms with E-state index in [9.17, 15) is 9.59 Å². The number of hydrogen-bond donors (Lipinski definition) is 0. The Morgan fingerprint density at radius 2 is 0.811 bits per heavy atom. The second-order valence-corrected chi connectivity index (χ2v) is 8.57. The van der Waals surface area contributed by atoms with Crippen LogP contribution < -0.4 is 9.80 Å². The standard InChI is InChI=1S/C33H26N2O2/c36-32(34(27-17-7-2-8-18-27)25-26-15-5-1-6-16-26)30-23-13-14-24-31(30)33(37)35(28-19-9-3-10-20-28)29-21-11-4-12-22-29/h1-24H,25H2. The topological polar surface area (TPSA) is 40.6 Å². The minimum Gasteiger partial charge on any atom is -0.304 e. The van der Waals surface area contributed by atoms with E-state index in [-0.39, 0.29) is 11.8 Å². The molecular formula is C33H26N2O2. The highest BCUT2D eigenvalue weighted by Crippen LogP contribution is 2.29. The molecule has 0 aromatic heterocycles. The van der Waals surface area contributed by atoms with Gasteiger partial charge in [-0.15, -0.1) is 0 Å². The Morgan fingerprint density at radius 3 is 1.30 bits per heavy atom. The third-order valence-electron chi connectivity index (χ3n) is 6.12. The van der Waals surface area contributed by atoms with Crippen molar-refractivity contribution in [2.24, 2.45) is 0 Å². The van der Waals surface area contributed by atoms with Gasteiger partial charge in [0.2, 0.25) is 0 Å². The lowest BCUT2D eigenvalue weighted by Gasteiger charge is -2.27. The van der Waals surface area contributed by atoms with Gasteiger partial charge in [0.25, 0.3) is 11.8 Å². The lowest BCUT2D eigenvalue weighted by atomic mass is 10.0. The summed E-state index contributed by atoms with van der Waals surface area (Å²) < 4.78 is 0. The number of nitrogens with zero attached hydrogens (tertiary/aromatic N) is 2. The number of para-hydroxylation sites is 3. The fraction of sp³-hybridized carbons (Fsp3) is 0.0303. The van der Waals surface area contributed by atoms with Crippen molar-refractivity contribution in [3.8, 4) is 0 Å². The smallest absolute Gasteiger partial charge is 0.263 e. The Morgan fingerprint density at radius 1 is 0.432 bits per heavy atom. The maximum Gasteiger partial charge on any atom is 0.263 e. The number of benzene rings is 5. The quantitative estimate of drug-likeness (QED) is 0.241. The molecule has 4 heteroatoms. The zero-order valence-corrected chi connectivity index (χ0v) is 20.3. The summed E-state index contributed by atoms with van der Waals surface area (Å²) in [5.74, 6) is -0.505. The third-order valence-corrected chi connectivity index (χ3v) is 6.12. The number of rotatable bonds is 7. The van der Waals surface area contributed by atoms with Crippen molar-refractivity contribution < 1.29 is 9.59 Å². The van der Waals surface area contributed by atoms with Gasteiger partial charge in [-0.1, -0.05) is 97.1 Å². The van der Waals surface area contributed by atoms with E-state index >= 15 is 0 Å². The third kappa shape index (κ3) is 5.34. The van der Waals surface area contributed by atoms with E-state index in [1.165, 1.54) is 0 Å². The molecule has 0 atom stereocenters. The number of carbonyl (C=O) groups excluding carboxylic acids is 2. The van der Waals surface area contributed by atoms with Crippen LogP contribution in [0.3, 0.4) is 0 Å². The minimum absolute atomic E-state index is 0.236. The fourth-order valence-electron chi connectivity index (χ4n) is 4.31. The molecule has 0 aliphatic heterocycles. The van der Waals surface area contributed by atoms with E-state index < -0.39 is 0 Å². The molecule has 0 bridgehead atoms. The number of anilines is 3. The van der Waals surface area contributed by atoms with Gasteiger partial charge in [-0.25, -0.2) is 0 Å². The average Bonchev–Trinajstić information content (AvgIpc) is 2.98. The molecule has 5 aromatic rings. The molecule has 4 nitrogen and oxygen atoms in total. The van der Waals surface area contributed by atoms with Gasteiger partial charge in [0.1, 0.15) is 0 Å². The highest BCUT2D eigenvalue weighted by molar-refractivity contribution is 6.18. The maximum atomic E-state index is 14.1. The number of hydrogen-bond acceptors (Lipinski definition) is 2. The van der Waals surface area contributed by atoms with Gasteiger partial charge in [-0.2, -0.15) is 0 Å². The van der Waals surface area contributed by atoms with Crippen molar-refractivity contribution in [1.82, 2.24) is 0 Å². The summed E-state index contributed by atoms with van der Waals surface area (Å²) >= 11 is 0. The van der Waals surface area contributed by atoms with Crippen LogP contribution >= 0.6 is 0 Å². The van der Waals surface area contributed by atoms with Crippen LogP contribution in [0.2, 0.25) is 0 Å². The molecule has 0 radical (unpaired) electrons. The summed E-state index contributed by atoms with van der Waals surface area (Å²) in [6, 6.07) is 45.4. The monoisotopic (exact) mass is 482 g/mol. The average molecular weight is 483 g/mol. The van der Waals surface area contributed by atoms with Gasteiger partial charge < -0.3 is 4.90 Å². The van der Waals surface area contributed by atoms with E-state index in [0.717, 1.165) is 22.6 Å². The van der Waals surface area contributed by atoms with Gasteiger partial charge in [-0.3, -0.25) is 14.5 Å². The zero-order valence-electron chi connectivity index (χ0n) is 20.3. The van der Waals surface area contributed by atoms with Crippen LogP contribution in [0.25, 0.3) is 0 Å². The number of amides is 2. The summed E-state index contributed by atoms with van der Waals surface area (Å²) in [5, 5.41) is 0. The van der Waals surface area contributed by atoms with E-state index in [4.69, 9.17) is 0 Å². The van der Waals surface area contributed by atoms with Gasteiger partial charge in [-0.05, 0) is 54.1 Å². The van der Waals surface area contributed by atoms with Crippen molar-refractivity contribution in [3.05, 3.63) is 162 Å². The lowest BCUT2D eigenvalue weighted by Crippen LogP contribution is -2.34. The molecule has 0 fully saturated rings. The summed E-state index contributed by atoms with van der Waals surface area (Å²) in [5.41, 5.74) is 3.91. The molecule has 0 unspecified atom stereocenters. The summed E-state index contributed by atoms with van der Waals surface area (Å²) in [6.45, 7) is 0.382. The van der Waals surface area contributed by atoms with Gasteiger partial charge in [0.15, 0.2) is 0 Å². The Bertz CT molecular complexity index is 1430. The molecule has 5 rings (SSSR count). The second-order valence-electron chi connectivity index (χ2n) is 8.57. The van der Waals surface area contributed by atoms with Crippen LogP contribution in [-0.4, -0.2) is 11.8 Å². The van der Waals surface area contributed by atoms with Crippen molar-refractivity contribution in [1.29, 1.82) is 0 Å². The molecule has 5 aromatic carbocycles. The Kier molecular flexibility index (Phi) is 7.19. The largest absolute Gasteiger partial charge is 0.304 e. The molecule has 0 saturated carbocycles. The minimum atomic E-state index is -0.269. The summed E-state index contributed by atoms with van der Waals surface area (Å²) in [7, 11) is 0. The molecule has 0 aliphatic rings. The molecule has 0 aliphatic carbocycles. The SMILES string of the molecule is O=C(c1ccccc1C(=O)N(c1ccccc1)c1ccccc1)N(Cc1ccccc1)c1ccccc1. The maximum absolute atomic E-state index is 14.1. The van der Waals surface area contributed by atoms with Crippen LogP contribution in [0.15, 0.2) is 146 Å². The van der Waals surface area contributed by atoms with Crippen molar-refractivity contribution >= 4 is 28.9 Å². The van der Waals surface area contributed by atoms with Crippen molar-refractivity contribution in [2.45, 2.75) is 6.54 Å². The van der Waals surface area contributed by atoms with E-state index in [1.54, 1.807) is 34.1 Å². The van der Waals surface area contributed by atoms with Gasteiger partial charge in [0, 0.05) is 17.1 Å². The van der Waals surface area contributed by atoms with Crippen LogP contribution in [0.1, 0.15) is 26.3 Å². The molecule has 0 heterocycles. The van der Waals surface area contributed by atoms with E-state index in [2.05, 4.69) is 0 Å². The summed E-state index contributed by atoms with van der Waals surface area (Å²) in [4.78, 5) is 31.6. The molecule has 2 amide bonds. The van der Waals surface area contributed by atoms with Crippen molar-refractivity contribution in [3.63, 3.8) is 0 Å². The molecule has 37 heavy (non-hydrogen) atoms. The Hall–Kier alpha value is -4.96. The first kappa shape index (κ1) is 23.8. The highest BCUT2D eigenvalue weighted by atomic mass is 16.2. The van der Waals surface area contributed by atoms with E-state index in [0.29, 0.717) is 17.7 Å². The first-order valence-corrected chi connectivity index (χ1v) is 12.2. The van der Waals surface area contributed by atoms with Gasteiger partial charge in [0.05, 0.1) is 17.7 Å². The zero-order chi connectivity index (χ0) is 25.5. The molecule has 0 saturated heterocycles. The molecule has 180 valence electrons. The van der Waals surface area contributed by atoms with Gasteiger partial charge >= 0.3 is 0 Å². The first-order chi connectivity index (χ1) is 18.2. The lowest BCUT2D eigenvalue weighted by molar-refractivity contribution is 0.0959. The second kappa shape index (κ2) is 11.2. The van der Waals surface area contributed by atoms with Crippen LogP contribution in [0, 0.1) is 0 Å². The first-order valence-electron chi connectivity index (χ1n) is 12.2. The predicted molar refractivity (Wildman–Crippen MR) is 149 cm³/mol. The molecular weight excluding hydrogens is 456 g/mol. The molecule has 0 spiro atoms. The number of carbonyl (C=O) groups is 2. The highest BCUT2D eigenvalue weighted by Gasteiger charge is 2.27. The molecule has 0 N–H and O–H groups in total. The predicted octanol–water partition coefficient (Wildman–Crippen LogP) is 7.51.